The highest BCUT2D eigenvalue weighted by atomic mass is 32.2. The van der Waals surface area contributed by atoms with Gasteiger partial charge in [-0.3, -0.25) is 9.59 Å². The van der Waals surface area contributed by atoms with Crippen molar-refractivity contribution in [2.45, 2.75) is 23.5 Å². The summed E-state index contributed by atoms with van der Waals surface area (Å²) in [5.74, 6) is -1.97. The summed E-state index contributed by atoms with van der Waals surface area (Å²) >= 11 is 1.31. The van der Waals surface area contributed by atoms with Crippen LogP contribution in [0.3, 0.4) is 0 Å². The Labute approximate surface area is 103 Å². The van der Waals surface area contributed by atoms with E-state index in [-0.39, 0.29) is 5.91 Å². The average molecular weight is 251 g/mol. The third-order valence-corrected chi connectivity index (χ3v) is 4.64. The van der Waals surface area contributed by atoms with Crippen molar-refractivity contribution in [3.63, 3.8) is 0 Å². The summed E-state index contributed by atoms with van der Waals surface area (Å²) in [7, 11) is 0. The Kier molecular flexibility index (Phi) is 2.87. The quantitative estimate of drug-likeness (QED) is 0.845. The minimum absolute atomic E-state index is 0.254. The molecule has 1 aliphatic heterocycles. The molecule has 90 valence electrons. The highest BCUT2D eigenvalue weighted by Gasteiger charge is 2.46. The number of carboxylic acid groups (broad SMARTS) is 1. The van der Waals surface area contributed by atoms with Crippen LogP contribution in [0.2, 0.25) is 0 Å². The number of hydrogen-bond acceptors (Lipinski definition) is 3. The summed E-state index contributed by atoms with van der Waals surface area (Å²) in [6.45, 7) is 3.23. The molecule has 5 heteroatoms. The van der Waals surface area contributed by atoms with Crippen LogP contribution in [0.25, 0.3) is 0 Å². The van der Waals surface area contributed by atoms with Gasteiger partial charge in [-0.2, -0.15) is 0 Å². The number of carboxylic acids is 1. The van der Waals surface area contributed by atoms with Crippen LogP contribution < -0.4 is 5.32 Å². The smallest absolute Gasteiger partial charge is 0.308 e. The predicted molar refractivity (Wildman–Crippen MR) is 66.1 cm³/mol. The molecule has 1 heterocycles. The first-order valence-electron chi connectivity index (χ1n) is 5.27. The van der Waals surface area contributed by atoms with Crippen LogP contribution >= 0.6 is 11.8 Å². The van der Waals surface area contributed by atoms with Crippen LogP contribution in [-0.2, 0) is 9.59 Å². The van der Waals surface area contributed by atoms with E-state index in [4.69, 9.17) is 5.11 Å². The second kappa shape index (κ2) is 4.07. The molecule has 17 heavy (non-hydrogen) atoms. The maximum absolute atomic E-state index is 12.0. The van der Waals surface area contributed by atoms with E-state index in [0.29, 0.717) is 0 Å². The van der Waals surface area contributed by atoms with Gasteiger partial charge in [0.1, 0.15) is 4.75 Å². The van der Waals surface area contributed by atoms with Gasteiger partial charge in [-0.25, -0.2) is 0 Å². The van der Waals surface area contributed by atoms with Crippen LogP contribution in [0, 0.1) is 5.92 Å². The van der Waals surface area contributed by atoms with Gasteiger partial charge in [0, 0.05) is 4.90 Å². The number of amides is 1. The minimum atomic E-state index is -0.972. The molecule has 2 N–H and O–H groups in total. The number of aliphatic carboxylic acids is 1. The molecule has 1 amide bonds. The second-order valence-electron chi connectivity index (χ2n) is 4.22. The summed E-state index contributed by atoms with van der Waals surface area (Å²) in [4.78, 5) is 24.0. The zero-order chi connectivity index (χ0) is 12.6. The van der Waals surface area contributed by atoms with Crippen molar-refractivity contribution >= 4 is 29.3 Å². The number of benzene rings is 1. The van der Waals surface area contributed by atoms with Gasteiger partial charge >= 0.3 is 5.97 Å². The lowest BCUT2D eigenvalue weighted by molar-refractivity contribution is -0.144. The zero-order valence-corrected chi connectivity index (χ0v) is 10.4. The summed E-state index contributed by atoms with van der Waals surface area (Å²) < 4.78 is -0.972. The van der Waals surface area contributed by atoms with Crippen molar-refractivity contribution < 1.29 is 14.7 Å². The molecule has 1 aromatic rings. The van der Waals surface area contributed by atoms with Crippen molar-refractivity contribution in [1.82, 2.24) is 0 Å². The van der Waals surface area contributed by atoms with E-state index in [1.165, 1.54) is 11.8 Å². The maximum Gasteiger partial charge on any atom is 0.308 e. The SMILES string of the molecule is CC(C(=O)O)C1(C)Sc2ccccc2NC1=O. The Bertz CT molecular complexity index is 488. The fraction of sp³-hybridized carbons (Fsp3) is 0.333. The number of thioether (sulfide) groups is 1. The summed E-state index contributed by atoms with van der Waals surface area (Å²) in [5, 5.41) is 11.8. The highest BCUT2D eigenvalue weighted by Crippen LogP contribution is 2.46. The van der Waals surface area contributed by atoms with Gasteiger partial charge in [0.15, 0.2) is 0 Å². The highest BCUT2D eigenvalue weighted by molar-refractivity contribution is 8.01. The first-order valence-corrected chi connectivity index (χ1v) is 6.09. The monoisotopic (exact) mass is 251 g/mol. The number of para-hydroxylation sites is 1. The van der Waals surface area contributed by atoms with E-state index in [2.05, 4.69) is 5.32 Å². The number of fused-ring (bicyclic) bond motifs is 1. The Morgan fingerprint density at radius 1 is 1.47 bits per heavy atom. The third-order valence-electron chi connectivity index (χ3n) is 3.10. The van der Waals surface area contributed by atoms with E-state index in [1.807, 2.05) is 24.3 Å². The number of carbonyl (C=O) groups excluding carboxylic acids is 1. The van der Waals surface area contributed by atoms with Gasteiger partial charge in [0.25, 0.3) is 0 Å². The molecule has 1 aliphatic rings. The largest absolute Gasteiger partial charge is 0.481 e. The fourth-order valence-corrected chi connectivity index (χ4v) is 2.95. The molecule has 0 spiro atoms. The van der Waals surface area contributed by atoms with Crippen molar-refractivity contribution in [2.75, 3.05) is 5.32 Å². The number of anilines is 1. The lowest BCUT2D eigenvalue weighted by Crippen LogP contribution is -2.47. The molecule has 2 unspecified atom stereocenters. The van der Waals surface area contributed by atoms with E-state index < -0.39 is 16.6 Å². The average Bonchev–Trinajstić information content (AvgIpc) is 2.29. The molecule has 0 aromatic heterocycles. The number of carbonyl (C=O) groups is 2. The van der Waals surface area contributed by atoms with Crippen molar-refractivity contribution in [3.05, 3.63) is 24.3 Å². The standard InChI is InChI=1S/C12H13NO3S/c1-7(10(14)15)12(2)11(16)13-8-5-3-4-6-9(8)17-12/h3-7H,1-2H3,(H,13,16)(H,14,15). The van der Waals surface area contributed by atoms with Crippen molar-refractivity contribution in [1.29, 1.82) is 0 Å². The van der Waals surface area contributed by atoms with Crippen LogP contribution in [0.1, 0.15) is 13.8 Å². The molecule has 1 aromatic carbocycles. The van der Waals surface area contributed by atoms with Gasteiger partial charge in [-0.1, -0.05) is 19.1 Å². The first kappa shape index (κ1) is 12.0. The number of hydrogen-bond donors (Lipinski definition) is 2. The van der Waals surface area contributed by atoms with Crippen LogP contribution in [0.4, 0.5) is 5.69 Å². The molecule has 0 radical (unpaired) electrons. The zero-order valence-electron chi connectivity index (χ0n) is 9.56. The summed E-state index contributed by atoms with van der Waals surface area (Å²) in [6, 6.07) is 7.40. The maximum atomic E-state index is 12.0. The van der Waals surface area contributed by atoms with Gasteiger partial charge in [0.05, 0.1) is 11.6 Å². The molecule has 0 saturated heterocycles. The lowest BCUT2D eigenvalue weighted by Gasteiger charge is -2.35. The van der Waals surface area contributed by atoms with Gasteiger partial charge in [-0.15, -0.1) is 11.8 Å². The van der Waals surface area contributed by atoms with E-state index in [0.717, 1.165) is 10.6 Å². The molecule has 4 nitrogen and oxygen atoms in total. The van der Waals surface area contributed by atoms with Gasteiger partial charge in [0.2, 0.25) is 5.91 Å². The van der Waals surface area contributed by atoms with Crippen molar-refractivity contribution in [3.8, 4) is 0 Å². The Balaban J connectivity index is 2.40. The minimum Gasteiger partial charge on any atom is -0.481 e. The third kappa shape index (κ3) is 1.91. The lowest BCUT2D eigenvalue weighted by atomic mass is 9.93. The summed E-state index contributed by atoms with van der Waals surface area (Å²) in [6.07, 6.45) is 0. The number of rotatable bonds is 2. The Hall–Kier alpha value is -1.49. The molecule has 0 fully saturated rings. The van der Waals surface area contributed by atoms with E-state index >= 15 is 0 Å². The molecule has 0 saturated carbocycles. The van der Waals surface area contributed by atoms with Crippen LogP contribution in [-0.4, -0.2) is 21.7 Å². The molecule has 2 rings (SSSR count). The molecular weight excluding hydrogens is 238 g/mol. The normalized spacial score (nSPS) is 24.7. The van der Waals surface area contributed by atoms with Gasteiger partial charge in [-0.05, 0) is 19.1 Å². The Morgan fingerprint density at radius 2 is 2.12 bits per heavy atom. The second-order valence-corrected chi connectivity index (χ2v) is 5.71. The molecule has 2 atom stereocenters. The number of nitrogens with one attached hydrogen (secondary N) is 1. The van der Waals surface area contributed by atoms with Crippen LogP contribution in [0.5, 0.6) is 0 Å². The van der Waals surface area contributed by atoms with E-state index in [9.17, 15) is 9.59 Å². The van der Waals surface area contributed by atoms with Gasteiger partial charge < -0.3 is 10.4 Å². The fourth-order valence-electron chi connectivity index (χ4n) is 1.70. The summed E-state index contributed by atoms with van der Waals surface area (Å²) in [5.41, 5.74) is 0.748. The van der Waals surface area contributed by atoms with E-state index in [1.54, 1.807) is 13.8 Å². The van der Waals surface area contributed by atoms with Crippen LogP contribution in [0.15, 0.2) is 29.2 Å². The topological polar surface area (TPSA) is 66.4 Å². The molecule has 0 bridgehead atoms. The molecular formula is C12H13NO3S. The predicted octanol–water partition coefficient (Wildman–Crippen LogP) is 2.21. The van der Waals surface area contributed by atoms with Crippen molar-refractivity contribution in [2.24, 2.45) is 5.92 Å². The Morgan fingerprint density at radius 3 is 2.76 bits per heavy atom. The molecule has 0 aliphatic carbocycles. The first-order chi connectivity index (χ1) is 7.95.